The average molecular weight is 473 g/mol. The van der Waals surface area contributed by atoms with Crippen LogP contribution >= 0.6 is 24.0 Å². The van der Waals surface area contributed by atoms with Crippen LogP contribution in [0.15, 0.2) is 29.4 Å². The van der Waals surface area contributed by atoms with Gasteiger partial charge in [0, 0.05) is 32.1 Å². The smallest absolute Gasteiger partial charge is 0.191 e. The van der Waals surface area contributed by atoms with Gasteiger partial charge in [0.1, 0.15) is 5.65 Å². The van der Waals surface area contributed by atoms with Crippen LogP contribution in [0.1, 0.15) is 38.6 Å². The van der Waals surface area contributed by atoms with Crippen LogP contribution in [0.2, 0.25) is 0 Å². The van der Waals surface area contributed by atoms with Crippen molar-refractivity contribution in [2.45, 2.75) is 46.8 Å². The Morgan fingerprint density at radius 2 is 2.08 bits per heavy atom. The molecule has 0 amide bonds. The summed E-state index contributed by atoms with van der Waals surface area (Å²) in [6.07, 6.45) is 3.30. The SMILES string of the molecule is CCOC(CCNC(=NC)NCc1cn2c(C)cccc2n1)C(C)C.I. The average Bonchev–Trinajstić information content (AvgIpc) is 3.01. The molecule has 1 atom stereocenters. The van der Waals surface area contributed by atoms with Gasteiger partial charge in [0.2, 0.25) is 0 Å². The summed E-state index contributed by atoms with van der Waals surface area (Å²) in [5.74, 6) is 1.30. The number of guanidine groups is 1. The van der Waals surface area contributed by atoms with Gasteiger partial charge < -0.3 is 19.8 Å². The van der Waals surface area contributed by atoms with Crippen molar-refractivity contribution in [2.24, 2.45) is 10.9 Å². The molecular weight excluding hydrogens is 441 g/mol. The number of pyridine rings is 1. The van der Waals surface area contributed by atoms with Gasteiger partial charge in [-0.25, -0.2) is 4.98 Å². The number of halogens is 1. The summed E-state index contributed by atoms with van der Waals surface area (Å²) >= 11 is 0. The van der Waals surface area contributed by atoms with E-state index in [-0.39, 0.29) is 30.1 Å². The summed E-state index contributed by atoms with van der Waals surface area (Å²) < 4.78 is 7.88. The van der Waals surface area contributed by atoms with E-state index in [2.05, 4.69) is 58.0 Å². The lowest BCUT2D eigenvalue weighted by Gasteiger charge is -2.21. The summed E-state index contributed by atoms with van der Waals surface area (Å²) in [7, 11) is 1.78. The second kappa shape index (κ2) is 11.4. The Bertz CT molecular complexity index is 698. The fraction of sp³-hybridized carbons (Fsp3) is 0.579. The lowest BCUT2D eigenvalue weighted by Crippen LogP contribution is -2.39. The van der Waals surface area contributed by atoms with Gasteiger partial charge in [0.15, 0.2) is 5.96 Å². The molecule has 0 aromatic carbocycles. The maximum Gasteiger partial charge on any atom is 0.191 e. The van der Waals surface area contributed by atoms with E-state index >= 15 is 0 Å². The highest BCUT2D eigenvalue weighted by Crippen LogP contribution is 2.10. The van der Waals surface area contributed by atoms with Crippen LogP contribution < -0.4 is 10.6 Å². The van der Waals surface area contributed by atoms with Crippen LogP contribution in [0.5, 0.6) is 0 Å². The Balaban J connectivity index is 0.00000338. The molecular formula is C19H32IN5O. The molecule has 0 radical (unpaired) electrons. The highest BCUT2D eigenvalue weighted by Gasteiger charge is 2.13. The third kappa shape index (κ3) is 6.42. The summed E-state index contributed by atoms with van der Waals surface area (Å²) in [5.41, 5.74) is 3.14. The third-order valence-electron chi connectivity index (χ3n) is 4.25. The minimum Gasteiger partial charge on any atom is -0.378 e. The maximum absolute atomic E-state index is 5.78. The van der Waals surface area contributed by atoms with Crippen LogP contribution in [0.4, 0.5) is 0 Å². The van der Waals surface area contributed by atoms with Gasteiger partial charge in [-0.2, -0.15) is 0 Å². The first-order chi connectivity index (χ1) is 12.0. The van der Waals surface area contributed by atoms with E-state index in [0.29, 0.717) is 12.5 Å². The fourth-order valence-corrected chi connectivity index (χ4v) is 2.83. The van der Waals surface area contributed by atoms with E-state index in [4.69, 9.17) is 4.74 Å². The van der Waals surface area contributed by atoms with E-state index < -0.39 is 0 Å². The summed E-state index contributed by atoms with van der Waals surface area (Å²) in [4.78, 5) is 8.91. The first-order valence-corrected chi connectivity index (χ1v) is 9.04. The number of nitrogens with zero attached hydrogens (tertiary/aromatic N) is 3. The Morgan fingerprint density at radius 1 is 1.31 bits per heavy atom. The highest BCUT2D eigenvalue weighted by atomic mass is 127. The number of rotatable bonds is 8. The molecule has 146 valence electrons. The zero-order chi connectivity index (χ0) is 18.2. The van der Waals surface area contributed by atoms with Gasteiger partial charge in [-0.1, -0.05) is 19.9 Å². The van der Waals surface area contributed by atoms with E-state index in [1.54, 1.807) is 7.05 Å². The zero-order valence-electron chi connectivity index (χ0n) is 16.5. The first-order valence-electron chi connectivity index (χ1n) is 9.04. The van der Waals surface area contributed by atoms with Crippen LogP contribution in [0.3, 0.4) is 0 Å². The number of hydrogen-bond acceptors (Lipinski definition) is 3. The predicted molar refractivity (Wildman–Crippen MR) is 118 cm³/mol. The Hall–Kier alpha value is -1.35. The van der Waals surface area contributed by atoms with E-state index in [0.717, 1.165) is 36.9 Å². The molecule has 2 aromatic rings. The van der Waals surface area contributed by atoms with Gasteiger partial charge in [0.05, 0.1) is 18.3 Å². The molecule has 2 heterocycles. The highest BCUT2D eigenvalue weighted by molar-refractivity contribution is 14.0. The minimum absolute atomic E-state index is 0. The van der Waals surface area contributed by atoms with Crippen LogP contribution in [0, 0.1) is 12.8 Å². The van der Waals surface area contributed by atoms with Crippen LogP contribution in [0.25, 0.3) is 5.65 Å². The first kappa shape index (κ1) is 22.7. The fourth-order valence-electron chi connectivity index (χ4n) is 2.83. The number of ether oxygens (including phenoxy) is 1. The lowest BCUT2D eigenvalue weighted by molar-refractivity contribution is 0.0258. The van der Waals surface area contributed by atoms with E-state index in [1.165, 1.54) is 5.69 Å². The Labute approximate surface area is 173 Å². The quantitative estimate of drug-likeness (QED) is 0.351. The standard InChI is InChI=1S/C19H31N5O.HI/c1-6-25-17(14(2)3)10-11-21-19(20-5)22-12-16-13-24-15(4)8-7-9-18(24)23-16;/h7-9,13-14,17H,6,10-12H2,1-5H3,(H2,20,21,22);1H. The van der Waals surface area contributed by atoms with Crippen molar-refractivity contribution in [1.29, 1.82) is 0 Å². The van der Waals surface area contributed by atoms with Gasteiger partial charge in [-0.05, 0) is 38.3 Å². The van der Waals surface area contributed by atoms with Crippen LogP contribution in [-0.4, -0.2) is 41.6 Å². The molecule has 0 saturated carbocycles. The molecule has 7 heteroatoms. The van der Waals surface area contributed by atoms with E-state index in [9.17, 15) is 0 Å². The molecule has 0 saturated heterocycles. The monoisotopic (exact) mass is 473 g/mol. The van der Waals surface area contributed by atoms with Crippen molar-refractivity contribution in [1.82, 2.24) is 20.0 Å². The normalized spacial score (nSPS) is 12.9. The van der Waals surface area contributed by atoms with Crippen molar-refractivity contribution in [3.05, 3.63) is 35.8 Å². The van der Waals surface area contributed by atoms with Crippen molar-refractivity contribution < 1.29 is 4.74 Å². The molecule has 0 spiro atoms. The Kier molecular flexibility index (Phi) is 9.93. The van der Waals surface area contributed by atoms with Crippen molar-refractivity contribution in [2.75, 3.05) is 20.2 Å². The lowest BCUT2D eigenvalue weighted by atomic mass is 10.0. The number of fused-ring (bicyclic) bond motifs is 1. The molecule has 0 aliphatic rings. The zero-order valence-corrected chi connectivity index (χ0v) is 18.8. The summed E-state index contributed by atoms with van der Waals surface area (Å²) in [6, 6.07) is 6.12. The third-order valence-corrected chi connectivity index (χ3v) is 4.25. The number of aryl methyl sites for hydroxylation is 1. The molecule has 6 nitrogen and oxygen atoms in total. The Morgan fingerprint density at radius 3 is 2.69 bits per heavy atom. The van der Waals surface area contributed by atoms with Crippen molar-refractivity contribution in [3.8, 4) is 0 Å². The number of nitrogens with one attached hydrogen (secondary N) is 2. The van der Waals surface area contributed by atoms with Crippen molar-refractivity contribution >= 4 is 35.6 Å². The number of imidazole rings is 1. The topological polar surface area (TPSA) is 63.0 Å². The van der Waals surface area contributed by atoms with Gasteiger partial charge in [0.25, 0.3) is 0 Å². The molecule has 0 fully saturated rings. The maximum atomic E-state index is 5.78. The van der Waals surface area contributed by atoms with Crippen molar-refractivity contribution in [3.63, 3.8) is 0 Å². The number of aliphatic imine (C=N–C) groups is 1. The largest absolute Gasteiger partial charge is 0.378 e. The second-order valence-corrected chi connectivity index (χ2v) is 6.51. The molecule has 1 unspecified atom stereocenters. The number of hydrogen-bond donors (Lipinski definition) is 2. The predicted octanol–water partition coefficient (Wildman–Crippen LogP) is 3.38. The summed E-state index contributed by atoms with van der Waals surface area (Å²) in [6.45, 7) is 10.7. The van der Waals surface area contributed by atoms with Gasteiger partial charge in [-0.15, -0.1) is 24.0 Å². The van der Waals surface area contributed by atoms with Crippen LogP contribution in [-0.2, 0) is 11.3 Å². The molecule has 2 N–H and O–H groups in total. The number of aromatic nitrogens is 2. The minimum atomic E-state index is 0. The molecule has 0 bridgehead atoms. The van der Waals surface area contributed by atoms with E-state index in [1.807, 2.05) is 19.1 Å². The molecule has 2 aromatic heterocycles. The molecule has 0 aliphatic carbocycles. The van der Waals surface area contributed by atoms with Gasteiger partial charge in [-0.3, -0.25) is 4.99 Å². The molecule has 2 rings (SSSR count). The second-order valence-electron chi connectivity index (χ2n) is 6.51. The van der Waals surface area contributed by atoms with Gasteiger partial charge >= 0.3 is 0 Å². The molecule has 0 aliphatic heterocycles. The summed E-state index contributed by atoms with van der Waals surface area (Å²) in [5, 5.41) is 6.68. The molecule has 26 heavy (non-hydrogen) atoms.